The van der Waals surface area contributed by atoms with Crippen LogP contribution in [0.4, 0.5) is 0 Å². The van der Waals surface area contributed by atoms with Crippen molar-refractivity contribution in [1.29, 1.82) is 0 Å². The van der Waals surface area contributed by atoms with Gasteiger partial charge in [0.25, 0.3) is 0 Å². The summed E-state index contributed by atoms with van der Waals surface area (Å²) in [5.41, 5.74) is 0. The van der Waals surface area contributed by atoms with Gasteiger partial charge in [-0.1, -0.05) is 33.6 Å². The lowest BCUT2D eigenvalue weighted by molar-refractivity contribution is -0.143. The molecule has 0 atom stereocenters. The molecule has 17 heavy (non-hydrogen) atoms. The average molecular weight is 246 g/mol. The van der Waals surface area contributed by atoms with Gasteiger partial charge in [0.1, 0.15) is 0 Å². The molecule has 0 heterocycles. The maximum atomic E-state index is 10.5. The second-order valence-corrected chi connectivity index (χ2v) is 3.62. The first kappa shape index (κ1) is 18.3. The molecular weight excluding hydrogens is 220 g/mol. The van der Waals surface area contributed by atoms with Gasteiger partial charge in [-0.15, -0.1) is 0 Å². The lowest BCUT2D eigenvalue weighted by Gasteiger charge is -1.99. The van der Waals surface area contributed by atoms with Gasteiger partial charge >= 0.3 is 11.9 Å². The average Bonchev–Trinajstić information content (AvgIpc) is 2.30. The van der Waals surface area contributed by atoms with E-state index in [1.54, 1.807) is 6.92 Å². The third-order valence-corrected chi connectivity index (χ3v) is 1.85. The predicted molar refractivity (Wildman–Crippen MR) is 67.7 cm³/mol. The van der Waals surface area contributed by atoms with E-state index in [4.69, 9.17) is 4.74 Å². The Morgan fingerprint density at radius 2 is 1.35 bits per heavy atom. The van der Waals surface area contributed by atoms with Crippen molar-refractivity contribution in [2.45, 2.75) is 59.8 Å². The highest BCUT2D eigenvalue weighted by Gasteiger charge is 1.94. The van der Waals surface area contributed by atoms with Crippen LogP contribution in [0.5, 0.6) is 0 Å². The van der Waals surface area contributed by atoms with E-state index in [9.17, 15) is 9.59 Å². The molecule has 0 spiro atoms. The largest absolute Gasteiger partial charge is 0.466 e. The Bertz CT molecular complexity index is 190. The monoisotopic (exact) mass is 246 g/mol. The molecule has 0 aromatic rings. The molecule has 0 unspecified atom stereocenters. The number of esters is 2. The van der Waals surface area contributed by atoms with E-state index in [1.165, 1.54) is 6.92 Å². The molecule has 4 nitrogen and oxygen atoms in total. The van der Waals surface area contributed by atoms with Gasteiger partial charge in [-0.05, 0) is 12.8 Å². The summed E-state index contributed by atoms with van der Waals surface area (Å²) in [7, 11) is 0. The number of ether oxygens (including phenoxy) is 2. The molecule has 0 aliphatic carbocycles. The summed E-state index contributed by atoms with van der Waals surface area (Å²) < 4.78 is 9.44. The molecule has 0 amide bonds. The highest BCUT2D eigenvalue weighted by molar-refractivity contribution is 5.68. The standard InChI is InChI=1S/C7H14O2.C6H12O2/c1-3-5-6-9-7(8)4-2;1-3-4-5-8-6(2)7/h3-6H2,1-2H3;3-5H2,1-2H3. The van der Waals surface area contributed by atoms with E-state index < -0.39 is 0 Å². The van der Waals surface area contributed by atoms with Crippen LogP contribution in [0.25, 0.3) is 0 Å². The Labute approximate surface area is 105 Å². The third kappa shape index (κ3) is 20.9. The molecule has 0 aromatic heterocycles. The third-order valence-electron chi connectivity index (χ3n) is 1.85. The van der Waals surface area contributed by atoms with E-state index in [0.717, 1.165) is 25.7 Å². The van der Waals surface area contributed by atoms with Crippen LogP contribution < -0.4 is 0 Å². The zero-order valence-corrected chi connectivity index (χ0v) is 11.6. The first-order valence-electron chi connectivity index (χ1n) is 6.37. The van der Waals surface area contributed by atoms with Gasteiger partial charge in [-0.3, -0.25) is 9.59 Å². The zero-order valence-electron chi connectivity index (χ0n) is 11.6. The number of carbonyl (C=O) groups excluding carboxylic acids is 2. The second kappa shape index (κ2) is 14.9. The van der Waals surface area contributed by atoms with Crippen LogP contribution in [-0.4, -0.2) is 25.2 Å². The van der Waals surface area contributed by atoms with Gasteiger partial charge in [0.15, 0.2) is 0 Å². The van der Waals surface area contributed by atoms with Crippen molar-refractivity contribution in [1.82, 2.24) is 0 Å². The van der Waals surface area contributed by atoms with Crippen molar-refractivity contribution in [3.05, 3.63) is 0 Å². The highest BCUT2D eigenvalue weighted by atomic mass is 16.5. The molecule has 102 valence electrons. The van der Waals surface area contributed by atoms with Crippen LogP contribution in [0.1, 0.15) is 59.8 Å². The molecule has 0 saturated heterocycles. The Hall–Kier alpha value is -1.06. The molecular formula is C13H26O4. The number of carbonyl (C=O) groups is 2. The van der Waals surface area contributed by atoms with Gasteiger partial charge in [-0.2, -0.15) is 0 Å². The normalized spacial score (nSPS) is 8.94. The van der Waals surface area contributed by atoms with E-state index in [-0.39, 0.29) is 11.9 Å². The summed E-state index contributed by atoms with van der Waals surface area (Å²) in [6.07, 6.45) is 4.60. The fourth-order valence-corrected chi connectivity index (χ4v) is 0.793. The fourth-order valence-electron chi connectivity index (χ4n) is 0.793. The minimum absolute atomic E-state index is 0.0940. The molecule has 0 bridgehead atoms. The summed E-state index contributed by atoms with van der Waals surface area (Å²) in [5.74, 6) is -0.276. The molecule has 4 heteroatoms. The van der Waals surface area contributed by atoms with Crippen molar-refractivity contribution in [3.63, 3.8) is 0 Å². The second-order valence-electron chi connectivity index (χ2n) is 3.62. The number of rotatable bonds is 7. The van der Waals surface area contributed by atoms with Crippen molar-refractivity contribution < 1.29 is 19.1 Å². The highest BCUT2D eigenvalue weighted by Crippen LogP contribution is 1.90. The van der Waals surface area contributed by atoms with Crippen LogP contribution in [0.2, 0.25) is 0 Å². The summed E-state index contributed by atoms with van der Waals surface area (Å²) in [4.78, 5) is 20.6. The van der Waals surface area contributed by atoms with Crippen molar-refractivity contribution in [3.8, 4) is 0 Å². The Morgan fingerprint density at radius 1 is 0.882 bits per heavy atom. The fraction of sp³-hybridized carbons (Fsp3) is 0.846. The maximum Gasteiger partial charge on any atom is 0.305 e. The number of hydrogen-bond donors (Lipinski definition) is 0. The van der Waals surface area contributed by atoms with Gasteiger partial charge in [0, 0.05) is 13.3 Å². The molecule has 0 fully saturated rings. The van der Waals surface area contributed by atoms with Gasteiger partial charge < -0.3 is 9.47 Å². The van der Waals surface area contributed by atoms with Gasteiger partial charge in [-0.25, -0.2) is 0 Å². The summed E-state index contributed by atoms with van der Waals surface area (Å²) in [5, 5.41) is 0. The molecule has 0 rings (SSSR count). The zero-order chi connectivity index (χ0) is 13.5. The van der Waals surface area contributed by atoms with Crippen LogP contribution in [0.15, 0.2) is 0 Å². The SMILES string of the molecule is CCCCOC(=O)CC.CCCCOC(C)=O. The van der Waals surface area contributed by atoms with E-state index in [0.29, 0.717) is 19.6 Å². The first-order chi connectivity index (χ1) is 8.08. The number of hydrogen-bond acceptors (Lipinski definition) is 4. The minimum Gasteiger partial charge on any atom is -0.466 e. The van der Waals surface area contributed by atoms with E-state index in [1.807, 2.05) is 0 Å². The van der Waals surface area contributed by atoms with Crippen molar-refractivity contribution >= 4 is 11.9 Å². The van der Waals surface area contributed by atoms with E-state index in [2.05, 4.69) is 18.6 Å². The van der Waals surface area contributed by atoms with Crippen molar-refractivity contribution in [2.24, 2.45) is 0 Å². The predicted octanol–water partition coefficient (Wildman–Crippen LogP) is 3.09. The van der Waals surface area contributed by atoms with Crippen LogP contribution in [0, 0.1) is 0 Å². The van der Waals surface area contributed by atoms with Gasteiger partial charge in [0.2, 0.25) is 0 Å². The quantitative estimate of drug-likeness (QED) is 0.511. The molecule has 0 saturated carbocycles. The van der Waals surface area contributed by atoms with Crippen LogP contribution >= 0.6 is 0 Å². The molecule has 0 aliphatic heterocycles. The van der Waals surface area contributed by atoms with Gasteiger partial charge in [0.05, 0.1) is 13.2 Å². The van der Waals surface area contributed by atoms with Crippen molar-refractivity contribution in [2.75, 3.05) is 13.2 Å². The lowest BCUT2D eigenvalue weighted by Crippen LogP contribution is -2.02. The maximum absolute atomic E-state index is 10.5. The smallest absolute Gasteiger partial charge is 0.305 e. The minimum atomic E-state index is -0.182. The van der Waals surface area contributed by atoms with Crippen LogP contribution in [0.3, 0.4) is 0 Å². The summed E-state index contributed by atoms with van der Waals surface area (Å²) in [6, 6.07) is 0. The first-order valence-corrected chi connectivity index (χ1v) is 6.37. The topological polar surface area (TPSA) is 52.6 Å². The molecule has 0 aromatic carbocycles. The van der Waals surface area contributed by atoms with E-state index >= 15 is 0 Å². The Morgan fingerprint density at radius 3 is 1.71 bits per heavy atom. The van der Waals surface area contributed by atoms with Crippen LogP contribution in [-0.2, 0) is 19.1 Å². The number of unbranched alkanes of at least 4 members (excludes halogenated alkanes) is 2. The summed E-state index contributed by atoms with van der Waals surface area (Å²) in [6.45, 7) is 8.52. The summed E-state index contributed by atoms with van der Waals surface area (Å²) >= 11 is 0. The Balaban J connectivity index is 0. The molecule has 0 aliphatic rings. The molecule has 0 radical (unpaired) electrons. The molecule has 0 N–H and O–H groups in total. The lowest BCUT2D eigenvalue weighted by atomic mass is 10.4. The Kier molecular flexibility index (Phi) is 16.1.